The second-order valence-corrected chi connectivity index (χ2v) is 5.66. The molecule has 6 nitrogen and oxygen atoms in total. The minimum absolute atomic E-state index is 0.187. The van der Waals surface area contributed by atoms with Gasteiger partial charge in [-0.3, -0.25) is 0 Å². The fourth-order valence-corrected chi connectivity index (χ4v) is 2.44. The van der Waals surface area contributed by atoms with Crippen LogP contribution in [-0.2, 0) is 0 Å². The average molecular weight is 292 g/mol. The zero-order valence-corrected chi connectivity index (χ0v) is 12.2. The maximum absolute atomic E-state index is 12.2. The third-order valence-corrected chi connectivity index (χ3v) is 4.10. The van der Waals surface area contributed by atoms with Gasteiger partial charge in [0.25, 0.3) is 0 Å². The normalized spacial score (nSPS) is 21.9. The third kappa shape index (κ3) is 3.45. The first-order valence-electron chi connectivity index (χ1n) is 7.00. The number of benzene rings is 1. The van der Waals surface area contributed by atoms with Crippen molar-refractivity contribution in [3.8, 4) is 5.75 Å². The topological polar surface area (TPSA) is 89.9 Å². The largest absolute Gasteiger partial charge is 0.507 e. The van der Waals surface area contributed by atoms with Crippen molar-refractivity contribution in [1.29, 1.82) is 0 Å². The smallest absolute Gasteiger partial charge is 0.339 e. The molecule has 0 aliphatic carbocycles. The van der Waals surface area contributed by atoms with Gasteiger partial charge in [0.2, 0.25) is 0 Å². The Morgan fingerprint density at radius 1 is 1.29 bits per heavy atom. The van der Waals surface area contributed by atoms with Gasteiger partial charge in [0.05, 0.1) is 0 Å². The molecule has 2 unspecified atom stereocenters. The number of hydrogen-bond acceptors (Lipinski definition) is 3. The second kappa shape index (κ2) is 6.03. The highest BCUT2D eigenvalue weighted by molar-refractivity contribution is 5.94. The number of nitrogens with zero attached hydrogens (tertiary/aromatic N) is 1. The van der Waals surface area contributed by atoms with Crippen LogP contribution in [-0.4, -0.2) is 40.2 Å². The van der Waals surface area contributed by atoms with Crippen molar-refractivity contribution in [1.82, 2.24) is 4.90 Å². The standard InChI is InChI=1S/C15H20N2O4/c1-9-5-6-17(8-10(9)2)15(21)16-11-3-4-12(14(19)20)13(18)7-11/h3-4,7,9-10,18H,5-6,8H2,1-2H3,(H,16,21)(H,19,20). The number of rotatable bonds is 2. The zero-order chi connectivity index (χ0) is 15.6. The van der Waals surface area contributed by atoms with Crippen LogP contribution in [0.1, 0.15) is 30.6 Å². The maximum atomic E-state index is 12.2. The van der Waals surface area contributed by atoms with Crippen molar-refractivity contribution >= 4 is 17.7 Å². The molecule has 2 rings (SSSR count). The van der Waals surface area contributed by atoms with Crippen LogP contribution in [0, 0.1) is 11.8 Å². The molecular weight excluding hydrogens is 272 g/mol. The van der Waals surface area contributed by atoms with Crippen LogP contribution >= 0.6 is 0 Å². The number of amides is 2. The number of carboxylic acids is 1. The van der Waals surface area contributed by atoms with Gasteiger partial charge in [-0.2, -0.15) is 0 Å². The Morgan fingerprint density at radius 2 is 2.00 bits per heavy atom. The number of urea groups is 1. The molecule has 0 spiro atoms. The summed E-state index contributed by atoms with van der Waals surface area (Å²) in [5, 5.41) is 21.1. The van der Waals surface area contributed by atoms with E-state index in [2.05, 4.69) is 19.2 Å². The SMILES string of the molecule is CC1CCN(C(=O)Nc2ccc(C(=O)O)c(O)c2)CC1C. The quantitative estimate of drug-likeness (QED) is 0.781. The molecule has 3 N–H and O–H groups in total. The molecule has 1 aromatic carbocycles. The molecule has 1 aromatic rings. The first-order valence-corrected chi connectivity index (χ1v) is 7.00. The highest BCUT2D eigenvalue weighted by Crippen LogP contribution is 2.25. The molecule has 1 aliphatic heterocycles. The van der Waals surface area contributed by atoms with E-state index in [0.29, 0.717) is 30.6 Å². The summed E-state index contributed by atoms with van der Waals surface area (Å²) in [6, 6.07) is 3.76. The van der Waals surface area contributed by atoms with Gasteiger partial charge in [0, 0.05) is 24.8 Å². The Morgan fingerprint density at radius 3 is 2.57 bits per heavy atom. The molecule has 1 aliphatic rings. The summed E-state index contributed by atoms with van der Waals surface area (Å²) in [6.45, 7) is 5.71. The van der Waals surface area contributed by atoms with Gasteiger partial charge in [-0.25, -0.2) is 9.59 Å². The van der Waals surface area contributed by atoms with Crippen molar-refractivity contribution in [3.05, 3.63) is 23.8 Å². The van der Waals surface area contributed by atoms with Crippen molar-refractivity contribution in [2.75, 3.05) is 18.4 Å². The number of carbonyl (C=O) groups is 2. The molecule has 1 saturated heterocycles. The number of piperidine rings is 1. The lowest BCUT2D eigenvalue weighted by Crippen LogP contribution is -2.44. The lowest BCUT2D eigenvalue weighted by Gasteiger charge is -2.35. The number of aromatic carboxylic acids is 1. The summed E-state index contributed by atoms with van der Waals surface area (Å²) >= 11 is 0. The first kappa shape index (κ1) is 15.2. The Bertz CT molecular complexity index is 559. The Kier molecular flexibility index (Phi) is 4.35. The number of phenols is 1. The Hall–Kier alpha value is -2.24. The molecule has 2 amide bonds. The van der Waals surface area contributed by atoms with Gasteiger partial charge in [-0.15, -0.1) is 0 Å². The van der Waals surface area contributed by atoms with E-state index in [1.807, 2.05) is 0 Å². The molecule has 1 fully saturated rings. The summed E-state index contributed by atoms with van der Waals surface area (Å²) in [4.78, 5) is 24.7. The van der Waals surface area contributed by atoms with Crippen LogP contribution in [0.2, 0.25) is 0 Å². The van der Waals surface area contributed by atoms with Crippen molar-refractivity contribution < 1.29 is 19.8 Å². The maximum Gasteiger partial charge on any atom is 0.339 e. The van der Waals surface area contributed by atoms with Crippen molar-refractivity contribution in [3.63, 3.8) is 0 Å². The monoisotopic (exact) mass is 292 g/mol. The van der Waals surface area contributed by atoms with Gasteiger partial charge in [-0.05, 0) is 30.4 Å². The summed E-state index contributed by atoms with van der Waals surface area (Å²) in [6.07, 6.45) is 0.970. The predicted molar refractivity (Wildman–Crippen MR) is 78.6 cm³/mol. The number of carboxylic acid groups (broad SMARTS) is 1. The summed E-state index contributed by atoms with van der Waals surface area (Å²) in [7, 11) is 0. The zero-order valence-electron chi connectivity index (χ0n) is 12.2. The highest BCUT2D eigenvalue weighted by atomic mass is 16.4. The first-order chi connectivity index (χ1) is 9.88. The number of carbonyl (C=O) groups excluding carboxylic acids is 1. The van der Waals surface area contributed by atoms with Crippen LogP contribution in [0.25, 0.3) is 0 Å². The van der Waals surface area contributed by atoms with Gasteiger partial charge in [0.1, 0.15) is 11.3 Å². The van der Waals surface area contributed by atoms with E-state index in [1.54, 1.807) is 4.90 Å². The molecule has 21 heavy (non-hydrogen) atoms. The predicted octanol–water partition coefficient (Wildman–Crippen LogP) is 2.60. The molecule has 0 saturated carbocycles. The minimum Gasteiger partial charge on any atom is -0.507 e. The van der Waals surface area contributed by atoms with E-state index in [0.717, 1.165) is 6.42 Å². The van der Waals surface area contributed by atoms with Gasteiger partial charge < -0.3 is 20.4 Å². The molecule has 114 valence electrons. The number of aromatic hydroxyl groups is 1. The van der Waals surface area contributed by atoms with E-state index < -0.39 is 5.97 Å². The van der Waals surface area contributed by atoms with E-state index in [9.17, 15) is 14.7 Å². The molecule has 2 atom stereocenters. The van der Waals surface area contributed by atoms with E-state index >= 15 is 0 Å². The molecule has 6 heteroatoms. The third-order valence-electron chi connectivity index (χ3n) is 4.10. The summed E-state index contributed by atoms with van der Waals surface area (Å²) < 4.78 is 0. The Balaban J connectivity index is 2.03. The fraction of sp³-hybridized carbons (Fsp3) is 0.467. The van der Waals surface area contributed by atoms with Gasteiger partial charge in [-0.1, -0.05) is 13.8 Å². The fourth-order valence-electron chi connectivity index (χ4n) is 2.44. The second-order valence-electron chi connectivity index (χ2n) is 5.66. The van der Waals surface area contributed by atoms with Crippen molar-refractivity contribution in [2.45, 2.75) is 20.3 Å². The van der Waals surface area contributed by atoms with Gasteiger partial charge in [0.15, 0.2) is 0 Å². The van der Waals surface area contributed by atoms with E-state index in [4.69, 9.17) is 5.11 Å². The van der Waals surface area contributed by atoms with Crippen LogP contribution in [0.15, 0.2) is 18.2 Å². The molecule has 0 bridgehead atoms. The van der Waals surface area contributed by atoms with Crippen LogP contribution in [0.5, 0.6) is 5.75 Å². The summed E-state index contributed by atoms with van der Waals surface area (Å²) in [5.41, 5.74) is 0.196. The van der Waals surface area contributed by atoms with Crippen LogP contribution in [0.3, 0.4) is 0 Å². The number of hydrogen-bond donors (Lipinski definition) is 3. The van der Waals surface area contributed by atoms with Crippen LogP contribution < -0.4 is 5.32 Å². The summed E-state index contributed by atoms with van der Waals surface area (Å²) in [5.74, 6) is -0.509. The van der Waals surface area contributed by atoms with E-state index in [-0.39, 0.29) is 17.3 Å². The molecule has 0 radical (unpaired) electrons. The van der Waals surface area contributed by atoms with Gasteiger partial charge >= 0.3 is 12.0 Å². The minimum atomic E-state index is -1.20. The highest BCUT2D eigenvalue weighted by Gasteiger charge is 2.26. The molecular formula is C15H20N2O4. The number of nitrogens with one attached hydrogen (secondary N) is 1. The average Bonchev–Trinajstić information content (AvgIpc) is 2.41. The van der Waals surface area contributed by atoms with Crippen molar-refractivity contribution in [2.24, 2.45) is 11.8 Å². The van der Waals surface area contributed by atoms with Crippen LogP contribution in [0.4, 0.5) is 10.5 Å². The van der Waals surface area contributed by atoms with E-state index in [1.165, 1.54) is 18.2 Å². The number of anilines is 1. The lowest BCUT2D eigenvalue weighted by atomic mass is 9.89. The molecule has 1 heterocycles. The lowest BCUT2D eigenvalue weighted by molar-refractivity contribution is 0.0694. The molecule has 0 aromatic heterocycles. The number of likely N-dealkylation sites (tertiary alicyclic amines) is 1. The Labute approximate surface area is 123 Å².